The number of nitrogens with two attached hydrogens (primary N) is 1. The number of halogens is 3. The summed E-state index contributed by atoms with van der Waals surface area (Å²) in [6.45, 7) is 1.10. The van der Waals surface area contributed by atoms with E-state index in [1.807, 2.05) is 6.07 Å². The van der Waals surface area contributed by atoms with Crippen molar-refractivity contribution < 1.29 is 27.5 Å². The van der Waals surface area contributed by atoms with Crippen molar-refractivity contribution in [2.75, 3.05) is 10.6 Å². The first-order chi connectivity index (χ1) is 17.1. The van der Waals surface area contributed by atoms with Crippen LogP contribution in [0, 0.1) is 0 Å². The third kappa shape index (κ3) is 6.62. The van der Waals surface area contributed by atoms with Crippen LogP contribution in [0.2, 0.25) is 0 Å². The zero-order chi connectivity index (χ0) is 25.9. The van der Waals surface area contributed by atoms with E-state index < -0.39 is 17.6 Å². The van der Waals surface area contributed by atoms with Gasteiger partial charge in [-0.1, -0.05) is 25.6 Å². The van der Waals surface area contributed by atoms with Gasteiger partial charge in [0.25, 0.3) is 5.91 Å². The Kier molecular flexibility index (Phi) is 8.14. The van der Waals surface area contributed by atoms with Gasteiger partial charge < -0.3 is 21.1 Å². The highest BCUT2D eigenvalue weighted by Gasteiger charge is 2.33. The highest BCUT2D eigenvalue weighted by atomic mass is 19.4. The SMILES string of the molecule is C.CC(=O)Nc1cc(Oc2ccc3ccc(C(=O)Nc4ccc(CN)c(C(F)(F)F)c4)cc3c2)ccn1. The van der Waals surface area contributed by atoms with Crippen LogP contribution in [0.25, 0.3) is 10.8 Å². The minimum Gasteiger partial charge on any atom is -0.457 e. The number of pyridine rings is 1. The van der Waals surface area contributed by atoms with Crippen molar-refractivity contribution in [3.05, 3.63) is 89.6 Å². The van der Waals surface area contributed by atoms with Crippen LogP contribution < -0.4 is 21.1 Å². The van der Waals surface area contributed by atoms with Crippen LogP contribution >= 0.6 is 0 Å². The molecular weight excluding hydrogens is 485 g/mol. The first kappa shape index (κ1) is 27.2. The number of fused-ring (bicyclic) bond motifs is 1. The van der Waals surface area contributed by atoms with Crippen molar-refractivity contribution >= 4 is 34.1 Å². The Labute approximate surface area is 211 Å². The van der Waals surface area contributed by atoms with Crippen LogP contribution in [0.1, 0.15) is 35.8 Å². The summed E-state index contributed by atoms with van der Waals surface area (Å²) in [5.41, 5.74) is 4.73. The zero-order valence-electron chi connectivity index (χ0n) is 19.0. The lowest BCUT2D eigenvalue weighted by molar-refractivity contribution is -0.138. The molecule has 4 rings (SSSR count). The highest BCUT2D eigenvalue weighted by Crippen LogP contribution is 2.34. The van der Waals surface area contributed by atoms with Gasteiger partial charge in [0.2, 0.25) is 5.91 Å². The fourth-order valence-corrected chi connectivity index (χ4v) is 3.59. The molecule has 0 fully saturated rings. The molecule has 1 heterocycles. The van der Waals surface area contributed by atoms with Crippen molar-refractivity contribution in [3.8, 4) is 11.5 Å². The molecule has 3 aromatic carbocycles. The Bertz CT molecular complexity index is 1450. The molecule has 4 N–H and O–H groups in total. The summed E-state index contributed by atoms with van der Waals surface area (Å²) >= 11 is 0. The van der Waals surface area contributed by atoms with E-state index >= 15 is 0 Å². The Morgan fingerprint density at radius 2 is 1.65 bits per heavy atom. The van der Waals surface area contributed by atoms with Crippen LogP contribution in [0.15, 0.2) is 72.9 Å². The molecule has 4 aromatic rings. The van der Waals surface area contributed by atoms with E-state index in [4.69, 9.17) is 10.5 Å². The van der Waals surface area contributed by atoms with Gasteiger partial charge in [-0.3, -0.25) is 9.59 Å². The van der Waals surface area contributed by atoms with Crippen LogP contribution in [0.5, 0.6) is 11.5 Å². The first-order valence-corrected chi connectivity index (χ1v) is 10.8. The fourth-order valence-electron chi connectivity index (χ4n) is 3.59. The van der Waals surface area contributed by atoms with Crippen molar-refractivity contribution in [2.45, 2.75) is 27.1 Å². The number of carbonyl (C=O) groups excluding carboxylic acids is 2. The third-order valence-corrected chi connectivity index (χ3v) is 5.24. The maximum Gasteiger partial charge on any atom is 0.416 e. The number of nitrogens with one attached hydrogen (secondary N) is 2. The van der Waals surface area contributed by atoms with Crippen LogP contribution in [-0.4, -0.2) is 16.8 Å². The van der Waals surface area contributed by atoms with Crippen LogP contribution in [0.3, 0.4) is 0 Å². The largest absolute Gasteiger partial charge is 0.457 e. The summed E-state index contributed by atoms with van der Waals surface area (Å²) < 4.78 is 45.8. The minimum absolute atomic E-state index is 0. The van der Waals surface area contributed by atoms with E-state index in [1.165, 1.54) is 25.3 Å². The molecule has 0 aliphatic heterocycles. The second kappa shape index (κ2) is 11.1. The number of aromatic nitrogens is 1. The van der Waals surface area contributed by atoms with E-state index in [1.54, 1.807) is 42.5 Å². The molecule has 0 saturated carbocycles. The van der Waals surface area contributed by atoms with Crippen molar-refractivity contribution in [1.82, 2.24) is 4.98 Å². The average molecular weight is 511 g/mol. The molecule has 0 aliphatic rings. The van der Waals surface area contributed by atoms with Gasteiger partial charge in [-0.2, -0.15) is 13.2 Å². The second-order valence-corrected chi connectivity index (χ2v) is 7.91. The predicted molar refractivity (Wildman–Crippen MR) is 137 cm³/mol. The molecule has 192 valence electrons. The lowest BCUT2D eigenvalue weighted by Crippen LogP contribution is -2.15. The smallest absolute Gasteiger partial charge is 0.416 e. The Balaban J connectivity index is 0.00000380. The number of benzene rings is 3. The molecular formula is C27H25F3N4O3. The standard InChI is InChI=1S/C26H21F3N4O3.CH4/c1-15(34)32-24-13-22(8-9-31-24)36-21-7-5-16-2-3-17(10-19(16)11-21)25(35)33-20-6-4-18(14-30)23(12-20)26(27,28)29;/h2-13H,14,30H2,1H3,(H,33,35)(H,31,32,34);1H4. The monoisotopic (exact) mass is 510 g/mol. The molecule has 0 radical (unpaired) electrons. The van der Waals surface area contributed by atoms with Crippen molar-refractivity contribution in [2.24, 2.45) is 5.73 Å². The molecule has 0 bridgehead atoms. The summed E-state index contributed by atoms with van der Waals surface area (Å²) in [5, 5.41) is 6.60. The number of amides is 2. The van der Waals surface area contributed by atoms with E-state index in [0.717, 1.165) is 11.5 Å². The Morgan fingerprint density at radius 3 is 2.35 bits per heavy atom. The van der Waals surface area contributed by atoms with Gasteiger partial charge >= 0.3 is 6.18 Å². The maximum atomic E-state index is 13.3. The highest BCUT2D eigenvalue weighted by molar-refractivity contribution is 6.06. The number of rotatable bonds is 6. The summed E-state index contributed by atoms with van der Waals surface area (Å²) in [6, 6.07) is 16.9. The van der Waals surface area contributed by atoms with E-state index in [0.29, 0.717) is 22.7 Å². The van der Waals surface area contributed by atoms with E-state index in [2.05, 4.69) is 15.6 Å². The van der Waals surface area contributed by atoms with E-state index in [9.17, 15) is 22.8 Å². The average Bonchev–Trinajstić information content (AvgIpc) is 2.83. The molecule has 0 unspecified atom stereocenters. The number of anilines is 2. The zero-order valence-corrected chi connectivity index (χ0v) is 19.0. The maximum absolute atomic E-state index is 13.3. The molecule has 2 amide bonds. The summed E-state index contributed by atoms with van der Waals surface area (Å²) in [5.74, 6) is 0.440. The summed E-state index contributed by atoms with van der Waals surface area (Å²) in [7, 11) is 0. The van der Waals surface area contributed by atoms with Gasteiger partial charge in [-0.05, 0) is 58.8 Å². The molecule has 0 spiro atoms. The fraction of sp³-hybridized carbons (Fsp3) is 0.148. The number of ether oxygens (including phenoxy) is 1. The third-order valence-electron chi connectivity index (χ3n) is 5.24. The number of alkyl halides is 3. The van der Waals surface area contributed by atoms with Gasteiger partial charge in [-0.15, -0.1) is 0 Å². The Morgan fingerprint density at radius 1 is 0.919 bits per heavy atom. The van der Waals surface area contributed by atoms with Gasteiger partial charge in [0.15, 0.2) is 0 Å². The van der Waals surface area contributed by atoms with Crippen molar-refractivity contribution in [3.63, 3.8) is 0 Å². The van der Waals surface area contributed by atoms with Crippen LogP contribution in [0.4, 0.5) is 24.7 Å². The first-order valence-electron chi connectivity index (χ1n) is 10.8. The topological polar surface area (TPSA) is 106 Å². The van der Waals surface area contributed by atoms with Crippen molar-refractivity contribution in [1.29, 1.82) is 0 Å². The molecule has 7 nitrogen and oxygen atoms in total. The van der Waals surface area contributed by atoms with Gasteiger partial charge in [0.05, 0.1) is 5.56 Å². The normalized spacial score (nSPS) is 10.9. The molecule has 10 heteroatoms. The number of carbonyl (C=O) groups is 2. The van der Waals surface area contributed by atoms with Gasteiger partial charge in [0, 0.05) is 37.0 Å². The lowest BCUT2D eigenvalue weighted by atomic mass is 10.0. The number of nitrogens with zero attached hydrogens (tertiary/aromatic N) is 1. The van der Waals surface area contributed by atoms with Crippen LogP contribution in [-0.2, 0) is 17.5 Å². The lowest BCUT2D eigenvalue weighted by Gasteiger charge is -2.14. The molecule has 0 atom stereocenters. The summed E-state index contributed by atoms with van der Waals surface area (Å²) in [4.78, 5) is 28.1. The number of hydrogen-bond acceptors (Lipinski definition) is 5. The Hall–Kier alpha value is -4.44. The molecule has 0 saturated heterocycles. The minimum atomic E-state index is -4.59. The van der Waals surface area contributed by atoms with Gasteiger partial charge in [-0.25, -0.2) is 4.98 Å². The van der Waals surface area contributed by atoms with Gasteiger partial charge in [0.1, 0.15) is 17.3 Å². The molecule has 1 aromatic heterocycles. The quantitative estimate of drug-likeness (QED) is 0.280. The number of hydrogen-bond donors (Lipinski definition) is 3. The molecule has 37 heavy (non-hydrogen) atoms. The second-order valence-electron chi connectivity index (χ2n) is 7.91. The predicted octanol–water partition coefficient (Wildman–Crippen LogP) is 6.35. The van der Waals surface area contributed by atoms with E-state index in [-0.39, 0.29) is 36.7 Å². The summed E-state index contributed by atoms with van der Waals surface area (Å²) in [6.07, 6.45) is -3.10. The molecule has 0 aliphatic carbocycles.